The lowest BCUT2D eigenvalue weighted by atomic mass is 10.2. The Hall–Kier alpha value is -3.03. The summed E-state index contributed by atoms with van der Waals surface area (Å²) in [6.07, 6.45) is 5.78. The predicted octanol–water partition coefficient (Wildman–Crippen LogP) is 1.82. The number of thiol groups is 1. The topological polar surface area (TPSA) is 76.5 Å². The molecule has 2 aliphatic rings. The molecule has 0 aromatic carbocycles. The Kier molecular flexibility index (Phi) is 3.60. The molecule has 27 heavy (non-hydrogen) atoms. The van der Waals surface area contributed by atoms with Crippen LogP contribution < -0.4 is 16.0 Å². The fraction of sp³-hybridized carbons (Fsp3) is 0. The van der Waals surface area contributed by atoms with Crippen molar-refractivity contribution < 1.29 is 4.79 Å². The van der Waals surface area contributed by atoms with E-state index in [-0.39, 0.29) is 10.6 Å². The molecule has 0 spiro atoms. The number of aromatic amines is 3. The van der Waals surface area contributed by atoms with E-state index < -0.39 is 0 Å². The van der Waals surface area contributed by atoms with Crippen LogP contribution >= 0.6 is 24.8 Å². The third-order valence-corrected chi connectivity index (χ3v) is 5.38. The molecule has 5 nitrogen and oxygen atoms in total. The highest BCUT2D eigenvalue weighted by Gasteiger charge is 2.30. The highest BCUT2D eigenvalue weighted by Crippen LogP contribution is 2.27. The van der Waals surface area contributed by atoms with Crippen LogP contribution in [-0.2, 0) is 4.79 Å². The number of hydrogen-bond acceptors (Lipinski definition) is 4. The first-order valence-corrected chi connectivity index (χ1v) is 9.20. The van der Waals surface area contributed by atoms with Gasteiger partial charge in [-0.05, 0) is 54.6 Å². The highest BCUT2D eigenvalue weighted by molar-refractivity contribution is 7.91. The van der Waals surface area contributed by atoms with E-state index in [1.807, 2.05) is 48.6 Å². The zero-order chi connectivity index (χ0) is 18.5. The van der Waals surface area contributed by atoms with E-state index in [9.17, 15) is 4.79 Å². The second-order valence-corrected chi connectivity index (χ2v) is 7.27. The first-order valence-electron chi connectivity index (χ1n) is 8.35. The van der Waals surface area contributed by atoms with Crippen LogP contribution in [-0.4, -0.2) is 25.6 Å². The SMILES string of the molecule is O=C1C(=S)C2=C(S)c3ccc([nH]3)C=c3ccc([nH]3)=Cc3ccc([nH]3)C=C1N2. The minimum absolute atomic E-state index is 0.206. The molecule has 0 atom stereocenters. The lowest BCUT2D eigenvalue weighted by Gasteiger charge is -2.04. The summed E-state index contributed by atoms with van der Waals surface area (Å²) in [5.74, 6) is -0.206. The van der Waals surface area contributed by atoms with E-state index >= 15 is 0 Å². The van der Waals surface area contributed by atoms with E-state index in [1.165, 1.54) is 0 Å². The van der Waals surface area contributed by atoms with Crippen molar-refractivity contribution in [2.45, 2.75) is 0 Å². The van der Waals surface area contributed by atoms with Crippen molar-refractivity contribution in [1.82, 2.24) is 20.3 Å². The molecule has 5 heterocycles. The number of carbonyl (C=O) groups excluding carboxylic acids is 1. The van der Waals surface area contributed by atoms with E-state index in [4.69, 9.17) is 12.2 Å². The molecular weight excluding hydrogens is 376 g/mol. The Bertz CT molecular complexity index is 1300. The third kappa shape index (κ3) is 2.81. The number of allylic oxidation sites excluding steroid dienone is 2. The zero-order valence-electron chi connectivity index (χ0n) is 14.0. The predicted molar refractivity (Wildman–Crippen MR) is 113 cm³/mol. The van der Waals surface area contributed by atoms with Crippen molar-refractivity contribution in [2.24, 2.45) is 0 Å². The molecule has 1 fully saturated rings. The molecule has 4 N–H and O–H groups in total. The fourth-order valence-electron chi connectivity index (χ4n) is 3.21. The van der Waals surface area contributed by atoms with Crippen molar-refractivity contribution in [3.63, 3.8) is 0 Å². The van der Waals surface area contributed by atoms with Crippen LogP contribution in [0.2, 0.25) is 0 Å². The quantitative estimate of drug-likeness (QED) is 0.300. The molecular formula is C20H14N4OS2. The summed E-state index contributed by atoms with van der Waals surface area (Å²) in [4.78, 5) is 23.4. The Balaban J connectivity index is 1.77. The summed E-state index contributed by atoms with van der Waals surface area (Å²) in [7, 11) is 0. The van der Waals surface area contributed by atoms with Crippen LogP contribution in [0.1, 0.15) is 22.8 Å². The van der Waals surface area contributed by atoms with Gasteiger partial charge in [-0.25, -0.2) is 0 Å². The number of rotatable bonds is 0. The van der Waals surface area contributed by atoms with Crippen LogP contribution in [0.5, 0.6) is 0 Å². The summed E-state index contributed by atoms with van der Waals surface area (Å²) < 4.78 is 0. The monoisotopic (exact) mass is 390 g/mol. The van der Waals surface area contributed by atoms with Crippen LogP contribution in [0, 0.1) is 0 Å². The molecule has 0 aliphatic carbocycles. The molecule has 0 unspecified atom stereocenters. The van der Waals surface area contributed by atoms with Gasteiger partial charge in [-0.2, -0.15) is 0 Å². The molecule has 132 valence electrons. The van der Waals surface area contributed by atoms with Crippen LogP contribution in [0.15, 0.2) is 47.8 Å². The molecule has 0 saturated carbocycles. The van der Waals surface area contributed by atoms with Crippen molar-refractivity contribution in [3.05, 3.63) is 81.3 Å². The second kappa shape index (κ2) is 6.00. The van der Waals surface area contributed by atoms with Gasteiger partial charge in [-0.3, -0.25) is 4.79 Å². The molecule has 3 aromatic heterocycles. The molecule has 2 aliphatic heterocycles. The smallest absolute Gasteiger partial charge is 0.222 e. The molecule has 0 radical (unpaired) electrons. The van der Waals surface area contributed by atoms with Gasteiger partial charge in [0.05, 0.1) is 22.0 Å². The lowest BCUT2D eigenvalue weighted by Crippen LogP contribution is -2.09. The molecule has 8 bridgehead atoms. The number of fused-ring (bicyclic) bond motifs is 8. The maximum absolute atomic E-state index is 12.6. The van der Waals surface area contributed by atoms with Crippen molar-refractivity contribution in [2.75, 3.05) is 0 Å². The van der Waals surface area contributed by atoms with Gasteiger partial charge in [-0.15, -0.1) is 12.6 Å². The molecule has 5 rings (SSSR count). The van der Waals surface area contributed by atoms with E-state index in [2.05, 4.69) is 32.9 Å². The van der Waals surface area contributed by atoms with Crippen molar-refractivity contribution >= 4 is 58.6 Å². The minimum atomic E-state index is -0.206. The normalized spacial score (nSPS) is 16.0. The zero-order valence-corrected chi connectivity index (χ0v) is 15.7. The fourth-order valence-corrected chi connectivity index (χ4v) is 3.84. The van der Waals surface area contributed by atoms with Gasteiger partial charge in [0.15, 0.2) is 0 Å². The summed E-state index contributed by atoms with van der Waals surface area (Å²) in [6, 6.07) is 11.8. The van der Waals surface area contributed by atoms with E-state index in [0.717, 1.165) is 33.5 Å². The number of H-pyrrole nitrogens is 3. The maximum Gasteiger partial charge on any atom is 0.222 e. The van der Waals surface area contributed by atoms with Gasteiger partial charge in [0.1, 0.15) is 4.86 Å². The van der Waals surface area contributed by atoms with Crippen LogP contribution in [0.4, 0.5) is 0 Å². The highest BCUT2D eigenvalue weighted by atomic mass is 32.1. The Morgan fingerprint density at radius 1 is 0.778 bits per heavy atom. The molecule has 7 heteroatoms. The average molecular weight is 390 g/mol. The third-order valence-electron chi connectivity index (χ3n) is 4.52. The molecule has 3 aromatic rings. The Morgan fingerprint density at radius 3 is 2.15 bits per heavy atom. The number of ketones is 1. The number of hydrogen-bond donors (Lipinski definition) is 5. The summed E-state index contributed by atoms with van der Waals surface area (Å²) in [5.41, 5.74) is 4.44. The number of carbonyl (C=O) groups is 1. The molecule has 1 saturated heterocycles. The average Bonchev–Trinajstić information content (AvgIpc) is 3.42. The van der Waals surface area contributed by atoms with Gasteiger partial charge in [0.2, 0.25) is 5.78 Å². The summed E-state index contributed by atoms with van der Waals surface area (Å²) in [5, 5.41) is 5.09. The van der Waals surface area contributed by atoms with Gasteiger partial charge in [-0.1, -0.05) is 12.2 Å². The first kappa shape index (κ1) is 16.2. The van der Waals surface area contributed by atoms with Gasteiger partial charge in [0.25, 0.3) is 0 Å². The first-order chi connectivity index (χ1) is 13.1. The van der Waals surface area contributed by atoms with Gasteiger partial charge in [0, 0.05) is 27.8 Å². The number of nitrogens with one attached hydrogen (secondary N) is 4. The van der Waals surface area contributed by atoms with Gasteiger partial charge >= 0.3 is 0 Å². The summed E-state index contributed by atoms with van der Waals surface area (Å²) >= 11 is 9.95. The number of Topliss-reactive ketones (excluding diaryl/α,β-unsaturated/α-hetero) is 1. The molecule has 0 amide bonds. The van der Waals surface area contributed by atoms with Crippen molar-refractivity contribution in [3.8, 4) is 0 Å². The summed E-state index contributed by atoms with van der Waals surface area (Å²) in [6.45, 7) is 0. The number of aromatic nitrogens is 3. The lowest BCUT2D eigenvalue weighted by molar-refractivity contribution is -0.109. The van der Waals surface area contributed by atoms with Crippen LogP contribution in [0.3, 0.4) is 0 Å². The maximum atomic E-state index is 12.6. The Labute approximate surface area is 165 Å². The van der Waals surface area contributed by atoms with E-state index in [0.29, 0.717) is 16.3 Å². The van der Waals surface area contributed by atoms with Gasteiger partial charge < -0.3 is 20.3 Å². The van der Waals surface area contributed by atoms with Crippen LogP contribution in [0.25, 0.3) is 23.1 Å². The Morgan fingerprint density at radius 2 is 1.41 bits per heavy atom. The largest absolute Gasteiger partial charge is 0.355 e. The standard InChI is InChI=1S/C20H14N4OS2/c25-18-16-9-14-4-3-11(22-14)7-10-1-2-12(21-10)8-13-5-6-15(23-13)19(26)17(24-16)20(18)27/h1-9,21-24,26H. The minimum Gasteiger partial charge on any atom is -0.355 e. The van der Waals surface area contributed by atoms with E-state index in [1.54, 1.807) is 6.08 Å². The van der Waals surface area contributed by atoms with Crippen molar-refractivity contribution in [1.29, 1.82) is 0 Å². The second-order valence-electron chi connectivity index (χ2n) is 6.42. The number of thiocarbonyl (C=S) groups is 1.